The number of carbonyl (C=O) groups excluding carboxylic acids is 3. The van der Waals surface area contributed by atoms with E-state index in [9.17, 15) is 9.90 Å². The van der Waals surface area contributed by atoms with Gasteiger partial charge < -0.3 is 15.0 Å². The number of hydrogen-bond acceptors (Lipinski definition) is 8. The molecule has 0 aliphatic heterocycles. The van der Waals surface area contributed by atoms with Crippen LogP contribution in [-0.2, 0) is 9.59 Å². The van der Waals surface area contributed by atoms with E-state index >= 15 is 0 Å². The van der Waals surface area contributed by atoms with Crippen molar-refractivity contribution in [1.82, 2.24) is 20.2 Å². The standard InChI is InChI=1S/C12H7N4O2S.CO2/c17-12(18)9-5-4-8(19-9)11-14-10(15-16-11)7-3-1-2-6-13-7;2-1-3/h1-3,5-6H,(H,17,18)(H,14,15,16);/q-1;/p-1. The molecule has 0 aliphatic carbocycles. The average Bonchev–Trinajstić information content (AvgIpc) is 3.18. The Bertz CT molecular complexity index is 806. The summed E-state index contributed by atoms with van der Waals surface area (Å²) >= 11 is 1.03. The molecule has 0 radical (unpaired) electrons. The third kappa shape index (κ3) is 3.48. The van der Waals surface area contributed by atoms with Gasteiger partial charge in [0.15, 0.2) is 5.82 Å². The molecule has 3 aromatic heterocycles. The van der Waals surface area contributed by atoms with E-state index in [0.717, 1.165) is 11.3 Å². The van der Waals surface area contributed by atoms with Crippen molar-refractivity contribution < 1.29 is 19.5 Å². The van der Waals surface area contributed by atoms with Gasteiger partial charge in [0, 0.05) is 12.2 Å². The van der Waals surface area contributed by atoms with E-state index in [1.807, 2.05) is 6.07 Å². The molecule has 9 heteroatoms. The summed E-state index contributed by atoms with van der Waals surface area (Å²) in [6, 6.07) is 9.60. The molecule has 0 aromatic carbocycles. The Morgan fingerprint density at radius 3 is 2.73 bits per heavy atom. The fourth-order valence-corrected chi connectivity index (χ4v) is 2.22. The van der Waals surface area contributed by atoms with E-state index in [-0.39, 0.29) is 11.0 Å². The lowest BCUT2D eigenvalue weighted by molar-refractivity contribution is -0.254. The van der Waals surface area contributed by atoms with Crippen molar-refractivity contribution in [2.75, 3.05) is 0 Å². The summed E-state index contributed by atoms with van der Waals surface area (Å²) in [5.74, 6) is -0.317. The molecule has 3 heterocycles. The van der Waals surface area contributed by atoms with Crippen molar-refractivity contribution in [3.05, 3.63) is 41.4 Å². The quantitative estimate of drug-likeness (QED) is 0.682. The third-order valence-electron chi connectivity index (χ3n) is 2.34. The van der Waals surface area contributed by atoms with Crippen LogP contribution >= 0.6 is 11.3 Å². The molecule has 22 heavy (non-hydrogen) atoms. The first-order valence-electron chi connectivity index (χ1n) is 5.72. The molecule has 0 atom stereocenters. The Labute approximate surface area is 127 Å². The Kier molecular flexibility index (Phi) is 4.86. The van der Waals surface area contributed by atoms with Gasteiger partial charge in [-0.1, -0.05) is 10.9 Å². The molecule has 0 saturated carbocycles. The minimum absolute atomic E-state index is 0.103. The zero-order chi connectivity index (χ0) is 15.9. The Balaban J connectivity index is 0.000000545. The number of nitrogens with zero attached hydrogens (tertiary/aromatic N) is 3. The van der Waals surface area contributed by atoms with Crippen LogP contribution in [0.1, 0.15) is 9.67 Å². The topological polar surface area (TPSA) is 129 Å². The second-order valence-corrected chi connectivity index (χ2v) is 4.73. The van der Waals surface area contributed by atoms with Crippen LogP contribution in [0.25, 0.3) is 22.2 Å². The van der Waals surface area contributed by atoms with Gasteiger partial charge in [-0.15, -0.1) is 0 Å². The molecule has 0 bridgehead atoms. The number of carboxylic acid groups (broad SMARTS) is 1. The molecule has 110 valence electrons. The van der Waals surface area contributed by atoms with Crippen LogP contribution in [0, 0.1) is 6.07 Å². The number of aromatic carboxylic acids is 1. The number of H-pyrrole nitrogens is 1. The van der Waals surface area contributed by atoms with Crippen LogP contribution in [0.15, 0.2) is 30.5 Å². The van der Waals surface area contributed by atoms with Gasteiger partial charge in [-0.3, -0.25) is 9.97 Å². The lowest BCUT2D eigenvalue weighted by Crippen LogP contribution is -2.20. The summed E-state index contributed by atoms with van der Waals surface area (Å²) in [5.41, 5.74) is 0.640. The van der Waals surface area contributed by atoms with Crippen molar-refractivity contribution in [2.45, 2.75) is 0 Å². The number of nitrogens with one attached hydrogen (secondary N) is 1. The number of carbonyl (C=O) groups is 1. The zero-order valence-corrected chi connectivity index (χ0v) is 11.6. The number of pyridine rings is 1. The number of thiophene rings is 1. The molecular weight excluding hydrogens is 308 g/mol. The lowest BCUT2D eigenvalue weighted by atomic mass is 10.3. The number of hydrogen-bond donors (Lipinski definition) is 1. The van der Waals surface area contributed by atoms with Gasteiger partial charge in [0.05, 0.1) is 5.82 Å². The fourth-order valence-electron chi connectivity index (χ4n) is 1.49. The van der Waals surface area contributed by atoms with Crippen LogP contribution in [-0.4, -0.2) is 32.3 Å². The fraction of sp³-hybridized carbons (Fsp3) is 0. The summed E-state index contributed by atoms with van der Waals surface area (Å²) in [7, 11) is 0. The van der Waals surface area contributed by atoms with Crippen LogP contribution in [0.3, 0.4) is 0 Å². The van der Waals surface area contributed by atoms with Gasteiger partial charge in [0.1, 0.15) is 5.69 Å². The predicted octanol–water partition coefficient (Wildman–Crippen LogP) is 0.175. The molecule has 8 nitrogen and oxygen atoms in total. The molecule has 0 fully saturated rings. The van der Waals surface area contributed by atoms with Gasteiger partial charge >= 0.3 is 6.15 Å². The first kappa shape index (κ1) is 15.2. The first-order chi connectivity index (χ1) is 10.7. The molecule has 3 rings (SSSR count). The maximum Gasteiger partial charge on any atom is 0.373 e. The zero-order valence-electron chi connectivity index (χ0n) is 10.8. The van der Waals surface area contributed by atoms with Crippen LogP contribution in [0.2, 0.25) is 0 Å². The largest absolute Gasteiger partial charge is 0.558 e. The highest BCUT2D eigenvalue weighted by Gasteiger charge is 2.04. The van der Waals surface area contributed by atoms with Crippen LogP contribution < -0.4 is 5.11 Å². The van der Waals surface area contributed by atoms with Gasteiger partial charge in [-0.2, -0.15) is 26.8 Å². The molecule has 0 saturated heterocycles. The van der Waals surface area contributed by atoms with Crippen LogP contribution in [0.4, 0.5) is 0 Å². The molecule has 0 spiro atoms. The van der Waals surface area contributed by atoms with Gasteiger partial charge in [0.25, 0.3) is 0 Å². The highest BCUT2D eigenvalue weighted by Crippen LogP contribution is 2.25. The van der Waals surface area contributed by atoms with E-state index in [4.69, 9.17) is 9.59 Å². The molecule has 3 aromatic rings. The monoisotopic (exact) mass is 314 g/mol. The van der Waals surface area contributed by atoms with E-state index < -0.39 is 5.97 Å². The van der Waals surface area contributed by atoms with E-state index in [2.05, 4.69) is 26.2 Å². The molecule has 0 amide bonds. The second kappa shape index (κ2) is 7.02. The van der Waals surface area contributed by atoms with Crippen molar-refractivity contribution in [3.8, 4) is 22.2 Å². The lowest BCUT2D eigenvalue weighted by Gasteiger charge is -2.00. The Morgan fingerprint density at radius 1 is 1.36 bits per heavy atom. The highest BCUT2D eigenvalue weighted by molar-refractivity contribution is 7.17. The number of aromatic amines is 1. The summed E-state index contributed by atoms with van der Waals surface area (Å²) < 4.78 is 0. The van der Waals surface area contributed by atoms with Gasteiger partial charge in [-0.05, 0) is 17.0 Å². The normalized spacial score (nSPS) is 9.45. The maximum absolute atomic E-state index is 10.7. The summed E-state index contributed by atoms with van der Waals surface area (Å²) in [6.07, 6.45) is 1.90. The summed E-state index contributed by atoms with van der Waals surface area (Å²) in [4.78, 5) is 36.0. The minimum Gasteiger partial charge on any atom is -0.558 e. The predicted molar refractivity (Wildman–Crippen MR) is 71.1 cm³/mol. The van der Waals surface area contributed by atoms with Crippen molar-refractivity contribution in [3.63, 3.8) is 0 Å². The van der Waals surface area contributed by atoms with E-state index in [1.54, 1.807) is 18.3 Å². The van der Waals surface area contributed by atoms with E-state index in [0.29, 0.717) is 22.2 Å². The van der Waals surface area contributed by atoms with E-state index in [1.165, 1.54) is 6.07 Å². The molecule has 0 unspecified atom stereocenters. The smallest absolute Gasteiger partial charge is 0.373 e. The minimum atomic E-state index is -1.23. The number of carboxylic acids is 1. The maximum atomic E-state index is 10.7. The molecular formula is C13H6N4O4S-2. The summed E-state index contributed by atoms with van der Waals surface area (Å²) in [5, 5.41) is 17.5. The highest BCUT2D eigenvalue weighted by atomic mass is 32.1. The number of rotatable bonds is 3. The molecule has 1 N–H and O–H groups in total. The Morgan fingerprint density at radius 2 is 2.14 bits per heavy atom. The van der Waals surface area contributed by atoms with Gasteiger partial charge in [0.2, 0.25) is 0 Å². The van der Waals surface area contributed by atoms with Gasteiger partial charge in [-0.25, -0.2) is 11.3 Å². The van der Waals surface area contributed by atoms with Crippen LogP contribution in [0.5, 0.6) is 0 Å². The first-order valence-corrected chi connectivity index (χ1v) is 6.53. The second-order valence-electron chi connectivity index (χ2n) is 3.68. The number of aromatic nitrogens is 4. The average molecular weight is 314 g/mol. The van der Waals surface area contributed by atoms with Crippen molar-refractivity contribution in [2.24, 2.45) is 0 Å². The Hall–Kier alpha value is -3.16. The molecule has 0 aliphatic rings. The third-order valence-corrected chi connectivity index (χ3v) is 3.36. The SMILES string of the molecule is O=C([O-])c1c[c-]c(-c2nc(-c3ccccn3)n[nH]2)s1.O=C=O. The summed E-state index contributed by atoms with van der Waals surface area (Å²) in [6.45, 7) is 0. The van der Waals surface area contributed by atoms with Crippen molar-refractivity contribution in [1.29, 1.82) is 0 Å². The van der Waals surface area contributed by atoms with Crippen molar-refractivity contribution >= 4 is 23.5 Å².